The number of hydrogen-bond donors (Lipinski definition) is 0. The van der Waals surface area contributed by atoms with Gasteiger partial charge in [-0.05, 0) is 19.4 Å². The summed E-state index contributed by atoms with van der Waals surface area (Å²) in [5.41, 5.74) is 1.49. The molecule has 0 N–H and O–H groups in total. The van der Waals surface area contributed by atoms with Crippen molar-refractivity contribution >= 4 is 16.9 Å². The van der Waals surface area contributed by atoms with Crippen LogP contribution in [0.25, 0.3) is 11.0 Å². The molecule has 0 saturated carbocycles. The fraction of sp³-hybridized carbons (Fsp3) is 0.389. The van der Waals surface area contributed by atoms with Gasteiger partial charge in [0.1, 0.15) is 5.58 Å². The summed E-state index contributed by atoms with van der Waals surface area (Å²) >= 11 is 0. The number of carbonyl (C=O) groups excluding carboxylic acids is 1. The number of fused-ring (bicyclic) bond motifs is 1. The van der Waals surface area contributed by atoms with Gasteiger partial charge in [-0.25, -0.2) is 0 Å². The number of carbonyl (C=O) groups is 1. The lowest BCUT2D eigenvalue weighted by atomic mass is 10.1. The number of nitrogens with zero attached hydrogens (tertiary/aromatic N) is 3. The summed E-state index contributed by atoms with van der Waals surface area (Å²) in [5.74, 6) is 1.50. The predicted molar refractivity (Wildman–Crippen MR) is 89.2 cm³/mol. The SMILES string of the molecule is COCc1c(C(=O)N2CCC(c3nc(C)no3)C2)oc2ccccc12. The van der Waals surface area contributed by atoms with Gasteiger partial charge in [0.05, 0.1) is 12.5 Å². The topological polar surface area (TPSA) is 81.6 Å². The van der Waals surface area contributed by atoms with E-state index in [0.717, 1.165) is 17.4 Å². The first-order valence-corrected chi connectivity index (χ1v) is 8.26. The second-order valence-electron chi connectivity index (χ2n) is 6.26. The van der Waals surface area contributed by atoms with Gasteiger partial charge in [-0.1, -0.05) is 23.4 Å². The van der Waals surface area contributed by atoms with Gasteiger partial charge in [0.2, 0.25) is 5.89 Å². The molecule has 1 unspecified atom stereocenters. The third-order valence-electron chi connectivity index (χ3n) is 4.55. The van der Waals surface area contributed by atoms with Crippen molar-refractivity contribution in [3.05, 3.63) is 47.3 Å². The number of benzene rings is 1. The summed E-state index contributed by atoms with van der Waals surface area (Å²) in [7, 11) is 1.61. The molecule has 3 aromatic rings. The Morgan fingerprint density at radius 3 is 3.00 bits per heavy atom. The molecule has 1 aromatic carbocycles. The smallest absolute Gasteiger partial charge is 0.290 e. The second kappa shape index (κ2) is 6.33. The monoisotopic (exact) mass is 341 g/mol. The number of likely N-dealkylation sites (tertiary alicyclic amines) is 1. The van der Waals surface area contributed by atoms with Crippen LogP contribution in [0, 0.1) is 6.92 Å². The normalized spacial score (nSPS) is 17.5. The van der Waals surface area contributed by atoms with Crippen LogP contribution in [0.5, 0.6) is 0 Å². The number of hydrogen-bond acceptors (Lipinski definition) is 6. The Labute approximate surface area is 144 Å². The van der Waals surface area contributed by atoms with Crippen molar-refractivity contribution in [1.29, 1.82) is 0 Å². The van der Waals surface area contributed by atoms with Crippen molar-refractivity contribution in [2.24, 2.45) is 0 Å². The average molecular weight is 341 g/mol. The van der Waals surface area contributed by atoms with E-state index >= 15 is 0 Å². The second-order valence-corrected chi connectivity index (χ2v) is 6.26. The van der Waals surface area contributed by atoms with Gasteiger partial charge in [0.15, 0.2) is 11.6 Å². The van der Waals surface area contributed by atoms with E-state index in [1.165, 1.54) is 0 Å². The standard InChI is InChI=1S/C18H19N3O4/c1-11-19-17(25-20-11)12-7-8-21(9-12)18(22)16-14(10-23-2)13-5-3-4-6-15(13)24-16/h3-6,12H,7-10H2,1-2H3. The Hall–Kier alpha value is -2.67. The van der Waals surface area contributed by atoms with Crippen LogP contribution in [0.15, 0.2) is 33.2 Å². The molecule has 0 spiro atoms. The van der Waals surface area contributed by atoms with Crippen molar-refractivity contribution in [3.8, 4) is 0 Å². The zero-order chi connectivity index (χ0) is 17.4. The van der Waals surface area contributed by atoms with Crippen molar-refractivity contribution in [2.45, 2.75) is 25.9 Å². The Bertz CT molecular complexity index is 914. The largest absolute Gasteiger partial charge is 0.451 e. The summed E-state index contributed by atoms with van der Waals surface area (Å²) in [6.45, 7) is 3.30. The van der Waals surface area contributed by atoms with Crippen LogP contribution in [0.4, 0.5) is 0 Å². The maximum atomic E-state index is 13.0. The van der Waals surface area contributed by atoms with E-state index < -0.39 is 0 Å². The van der Waals surface area contributed by atoms with E-state index in [9.17, 15) is 4.79 Å². The molecule has 0 radical (unpaired) electrons. The molecule has 7 heteroatoms. The summed E-state index contributed by atoms with van der Waals surface area (Å²) in [4.78, 5) is 19.1. The molecule has 1 aliphatic rings. The lowest BCUT2D eigenvalue weighted by Gasteiger charge is -2.15. The molecule has 1 aliphatic heterocycles. The summed E-state index contributed by atoms with van der Waals surface area (Å²) in [6, 6.07) is 7.62. The number of amides is 1. The van der Waals surface area contributed by atoms with Crippen molar-refractivity contribution in [2.75, 3.05) is 20.2 Å². The van der Waals surface area contributed by atoms with Crippen LogP contribution >= 0.6 is 0 Å². The molecule has 1 atom stereocenters. The number of rotatable bonds is 4. The number of para-hydroxylation sites is 1. The highest BCUT2D eigenvalue weighted by molar-refractivity contribution is 5.99. The van der Waals surface area contributed by atoms with Crippen LogP contribution < -0.4 is 0 Å². The fourth-order valence-corrected chi connectivity index (χ4v) is 3.33. The molecule has 1 saturated heterocycles. The van der Waals surface area contributed by atoms with Crippen LogP contribution in [0.1, 0.15) is 40.2 Å². The molecule has 7 nitrogen and oxygen atoms in total. The molecule has 2 aromatic heterocycles. The van der Waals surface area contributed by atoms with Crippen LogP contribution in [0.3, 0.4) is 0 Å². The van der Waals surface area contributed by atoms with E-state index in [1.807, 2.05) is 24.3 Å². The minimum absolute atomic E-state index is 0.0698. The molecule has 1 amide bonds. The van der Waals surface area contributed by atoms with Crippen LogP contribution in [-0.2, 0) is 11.3 Å². The van der Waals surface area contributed by atoms with Crippen molar-refractivity contribution < 1.29 is 18.5 Å². The highest BCUT2D eigenvalue weighted by atomic mass is 16.5. The van der Waals surface area contributed by atoms with Gasteiger partial charge >= 0.3 is 0 Å². The minimum Gasteiger partial charge on any atom is -0.451 e. The molecule has 3 heterocycles. The number of aromatic nitrogens is 2. The van der Waals surface area contributed by atoms with E-state index in [0.29, 0.717) is 42.8 Å². The lowest BCUT2D eigenvalue weighted by molar-refractivity contribution is 0.0754. The highest BCUT2D eigenvalue weighted by Gasteiger charge is 2.34. The van der Waals surface area contributed by atoms with Crippen LogP contribution in [-0.4, -0.2) is 41.1 Å². The molecule has 0 aliphatic carbocycles. The molecule has 0 bridgehead atoms. The van der Waals surface area contributed by atoms with Gasteiger partial charge in [-0.3, -0.25) is 4.79 Å². The van der Waals surface area contributed by atoms with Gasteiger partial charge in [0, 0.05) is 31.1 Å². The number of methoxy groups -OCH3 is 1. The Morgan fingerprint density at radius 2 is 2.24 bits per heavy atom. The van der Waals surface area contributed by atoms with E-state index in [2.05, 4.69) is 10.1 Å². The summed E-state index contributed by atoms with van der Waals surface area (Å²) < 4.78 is 16.4. The van der Waals surface area contributed by atoms with Gasteiger partial charge in [-0.15, -0.1) is 0 Å². The third kappa shape index (κ3) is 2.80. The first-order chi connectivity index (χ1) is 12.2. The zero-order valence-electron chi connectivity index (χ0n) is 14.2. The van der Waals surface area contributed by atoms with Gasteiger partial charge in [-0.2, -0.15) is 4.98 Å². The Kier molecular flexibility index (Phi) is 4.01. The van der Waals surface area contributed by atoms with Crippen LogP contribution in [0.2, 0.25) is 0 Å². The molecule has 130 valence electrons. The summed E-state index contributed by atoms with van der Waals surface area (Å²) in [5, 5.41) is 4.74. The molecule has 1 fully saturated rings. The predicted octanol–water partition coefficient (Wildman–Crippen LogP) is 2.90. The highest BCUT2D eigenvalue weighted by Crippen LogP contribution is 2.31. The molecule has 25 heavy (non-hydrogen) atoms. The first-order valence-electron chi connectivity index (χ1n) is 8.26. The number of aryl methyl sites for hydroxylation is 1. The fourth-order valence-electron chi connectivity index (χ4n) is 3.33. The van der Waals surface area contributed by atoms with E-state index in [1.54, 1.807) is 18.9 Å². The molecular weight excluding hydrogens is 322 g/mol. The summed E-state index contributed by atoms with van der Waals surface area (Å²) in [6.07, 6.45) is 0.799. The number of furan rings is 1. The van der Waals surface area contributed by atoms with Crippen molar-refractivity contribution in [3.63, 3.8) is 0 Å². The van der Waals surface area contributed by atoms with E-state index in [-0.39, 0.29) is 11.8 Å². The molecular formula is C18H19N3O4. The molecule has 4 rings (SSSR count). The Balaban J connectivity index is 1.61. The van der Waals surface area contributed by atoms with Gasteiger partial charge < -0.3 is 18.6 Å². The average Bonchev–Trinajstić information content (AvgIpc) is 3.33. The maximum Gasteiger partial charge on any atom is 0.290 e. The Morgan fingerprint density at radius 1 is 1.40 bits per heavy atom. The zero-order valence-corrected chi connectivity index (χ0v) is 14.2. The van der Waals surface area contributed by atoms with Gasteiger partial charge in [0.25, 0.3) is 5.91 Å². The third-order valence-corrected chi connectivity index (χ3v) is 4.55. The lowest BCUT2D eigenvalue weighted by Crippen LogP contribution is -2.29. The maximum absolute atomic E-state index is 13.0. The first kappa shape index (κ1) is 15.8. The number of ether oxygens (including phenoxy) is 1. The van der Waals surface area contributed by atoms with Crippen molar-refractivity contribution in [1.82, 2.24) is 15.0 Å². The van der Waals surface area contributed by atoms with E-state index in [4.69, 9.17) is 13.7 Å². The minimum atomic E-state index is -0.123. The quantitative estimate of drug-likeness (QED) is 0.726.